The zero-order valence-corrected chi connectivity index (χ0v) is 12.2. The highest BCUT2D eigenvalue weighted by atomic mass is 16.7. The van der Waals surface area contributed by atoms with Crippen molar-refractivity contribution in [3.05, 3.63) is 71.8 Å². The molecule has 1 aliphatic rings. The van der Waals surface area contributed by atoms with Crippen molar-refractivity contribution in [1.29, 1.82) is 0 Å². The molecule has 0 N–H and O–H groups in total. The van der Waals surface area contributed by atoms with Crippen molar-refractivity contribution in [3.63, 3.8) is 0 Å². The molecule has 1 aliphatic heterocycles. The molecular formula is C18H19NO2. The van der Waals surface area contributed by atoms with Crippen LogP contribution in [0.3, 0.4) is 0 Å². The van der Waals surface area contributed by atoms with E-state index in [0.29, 0.717) is 13.2 Å². The first-order valence-corrected chi connectivity index (χ1v) is 7.28. The average molecular weight is 281 g/mol. The van der Waals surface area contributed by atoms with Gasteiger partial charge in [-0.1, -0.05) is 65.8 Å². The number of ether oxygens (including phenoxy) is 1. The quantitative estimate of drug-likeness (QED) is 0.836. The van der Waals surface area contributed by atoms with Crippen molar-refractivity contribution in [2.45, 2.75) is 18.9 Å². The molecule has 1 heterocycles. The molecule has 0 fully saturated rings. The predicted molar refractivity (Wildman–Crippen MR) is 83.3 cm³/mol. The number of oxime groups is 1. The Hall–Kier alpha value is -2.13. The van der Waals surface area contributed by atoms with Gasteiger partial charge in [0.05, 0.1) is 12.3 Å². The molecule has 3 nitrogen and oxygen atoms in total. The van der Waals surface area contributed by atoms with E-state index in [1.165, 1.54) is 0 Å². The molecule has 3 rings (SSSR count). The molecule has 0 saturated heterocycles. The van der Waals surface area contributed by atoms with Crippen molar-refractivity contribution >= 4 is 5.71 Å². The Morgan fingerprint density at radius 3 is 2.10 bits per heavy atom. The van der Waals surface area contributed by atoms with Crippen LogP contribution < -0.4 is 0 Å². The van der Waals surface area contributed by atoms with Gasteiger partial charge in [0.2, 0.25) is 0 Å². The second kappa shape index (κ2) is 6.10. The van der Waals surface area contributed by atoms with E-state index < -0.39 is 5.60 Å². The Kier molecular flexibility index (Phi) is 4.02. The summed E-state index contributed by atoms with van der Waals surface area (Å²) in [7, 11) is 0. The van der Waals surface area contributed by atoms with E-state index >= 15 is 0 Å². The first-order chi connectivity index (χ1) is 10.3. The summed E-state index contributed by atoms with van der Waals surface area (Å²) in [6.45, 7) is 3.19. The molecular weight excluding hydrogens is 262 g/mol. The van der Waals surface area contributed by atoms with Gasteiger partial charge in [0.25, 0.3) is 0 Å². The zero-order chi connectivity index (χ0) is 14.5. The molecule has 0 radical (unpaired) electrons. The summed E-state index contributed by atoms with van der Waals surface area (Å²) in [6, 6.07) is 20.5. The van der Waals surface area contributed by atoms with Crippen molar-refractivity contribution in [2.24, 2.45) is 5.16 Å². The van der Waals surface area contributed by atoms with Crippen LogP contribution >= 0.6 is 0 Å². The number of rotatable bonds is 5. The summed E-state index contributed by atoms with van der Waals surface area (Å²) in [5.74, 6) is 0. The van der Waals surface area contributed by atoms with Gasteiger partial charge in [-0.3, -0.25) is 0 Å². The second-order valence-electron chi connectivity index (χ2n) is 5.12. The third-order valence-corrected chi connectivity index (χ3v) is 3.74. The maximum Gasteiger partial charge on any atom is 0.193 e. The average Bonchev–Trinajstić information content (AvgIpc) is 3.00. The smallest absolute Gasteiger partial charge is 0.193 e. The number of nitrogens with zero attached hydrogens (tertiary/aromatic N) is 1. The molecule has 21 heavy (non-hydrogen) atoms. The van der Waals surface area contributed by atoms with Crippen LogP contribution in [0.5, 0.6) is 0 Å². The lowest BCUT2D eigenvalue weighted by Gasteiger charge is -2.27. The topological polar surface area (TPSA) is 30.8 Å². The van der Waals surface area contributed by atoms with E-state index in [-0.39, 0.29) is 0 Å². The van der Waals surface area contributed by atoms with Crippen molar-refractivity contribution in [3.8, 4) is 0 Å². The van der Waals surface area contributed by atoms with Crippen LogP contribution in [0, 0.1) is 0 Å². The van der Waals surface area contributed by atoms with Crippen LogP contribution in [0.25, 0.3) is 0 Å². The van der Waals surface area contributed by atoms with E-state index in [4.69, 9.17) is 9.57 Å². The molecule has 0 unspecified atom stereocenters. The lowest BCUT2D eigenvalue weighted by molar-refractivity contribution is 0.0112. The molecule has 0 bridgehead atoms. The molecule has 0 saturated carbocycles. The standard InChI is InChI=1S/C18H19NO2/c1-2-20-14-17-13-18(21-19-17,15-9-5-3-6-10-15)16-11-7-4-8-12-16/h3-12H,2,13-14H2,1H3. The van der Waals surface area contributed by atoms with Crippen molar-refractivity contribution in [2.75, 3.05) is 13.2 Å². The van der Waals surface area contributed by atoms with E-state index in [9.17, 15) is 0 Å². The third-order valence-electron chi connectivity index (χ3n) is 3.74. The maximum absolute atomic E-state index is 5.93. The summed E-state index contributed by atoms with van der Waals surface area (Å²) >= 11 is 0. The lowest BCUT2D eigenvalue weighted by atomic mass is 9.82. The molecule has 0 amide bonds. The van der Waals surface area contributed by atoms with Crippen LogP contribution in [-0.4, -0.2) is 18.9 Å². The summed E-state index contributed by atoms with van der Waals surface area (Å²) in [5, 5.41) is 4.27. The SMILES string of the molecule is CCOCC1=NOC(c2ccccc2)(c2ccccc2)C1. The molecule has 0 aromatic heterocycles. The molecule has 2 aromatic rings. The highest BCUT2D eigenvalue weighted by Crippen LogP contribution is 2.41. The van der Waals surface area contributed by atoms with Crippen molar-refractivity contribution in [1.82, 2.24) is 0 Å². The predicted octanol–water partition coefficient (Wildman–Crippen LogP) is 3.74. The van der Waals surface area contributed by atoms with E-state index in [2.05, 4.69) is 29.4 Å². The monoisotopic (exact) mass is 281 g/mol. The Morgan fingerprint density at radius 2 is 1.57 bits per heavy atom. The van der Waals surface area contributed by atoms with Gasteiger partial charge in [-0.05, 0) is 6.92 Å². The minimum atomic E-state index is -0.533. The molecule has 0 aliphatic carbocycles. The second-order valence-corrected chi connectivity index (χ2v) is 5.12. The van der Waals surface area contributed by atoms with Crippen molar-refractivity contribution < 1.29 is 9.57 Å². The fraction of sp³-hybridized carbons (Fsp3) is 0.278. The highest BCUT2D eigenvalue weighted by Gasteiger charge is 2.42. The van der Waals surface area contributed by atoms with E-state index in [1.54, 1.807) is 0 Å². The minimum absolute atomic E-state index is 0.526. The normalized spacial score (nSPS) is 16.3. The number of benzene rings is 2. The largest absolute Gasteiger partial charge is 0.379 e. The van der Waals surface area contributed by atoms with Gasteiger partial charge in [0.1, 0.15) is 0 Å². The van der Waals surface area contributed by atoms with Crippen LogP contribution in [0.2, 0.25) is 0 Å². The molecule has 3 heteroatoms. The Labute approximate surface area is 125 Å². The van der Waals surface area contributed by atoms with Gasteiger partial charge in [0, 0.05) is 24.2 Å². The fourth-order valence-electron chi connectivity index (χ4n) is 2.68. The van der Waals surface area contributed by atoms with Gasteiger partial charge < -0.3 is 9.57 Å². The molecule has 108 valence electrons. The minimum Gasteiger partial charge on any atom is -0.379 e. The summed E-state index contributed by atoms with van der Waals surface area (Å²) in [5.41, 5.74) is 2.65. The maximum atomic E-state index is 5.93. The van der Waals surface area contributed by atoms with Crippen LogP contribution in [0.1, 0.15) is 24.5 Å². The van der Waals surface area contributed by atoms with Gasteiger partial charge in [0.15, 0.2) is 5.60 Å². The van der Waals surface area contributed by atoms with Crippen LogP contribution in [0.4, 0.5) is 0 Å². The van der Waals surface area contributed by atoms with E-state index in [1.807, 2.05) is 43.3 Å². The third kappa shape index (κ3) is 2.69. The summed E-state index contributed by atoms with van der Waals surface area (Å²) in [6.07, 6.45) is 0.723. The number of hydrogen-bond donors (Lipinski definition) is 0. The first kappa shape index (κ1) is 13.8. The fourth-order valence-corrected chi connectivity index (χ4v) is 2.68. The highest BCUT2D eigenvalue weighted by molar-refractivity contribution is 5.88. The summed E-state index contributed by atoms with van der Waals surface area (Å²) in [4.78, 5) is 5.93. The van der Waals surface area contributed by atoms with Crippen LogP contribution in [-0.2, 0) is 15.2 Å². The van der Waals surface area contributed by atoms with Gasteiger partial charge >= 0.3 is 0 Å². The van der Waals surface area contributed by atoms with Gasteiger partial charge in [-0.25, -0.2) is 0 Å². The van der Waals surface area contributed by atoms with E-state index in [0.717, 1.165) is 23.3 Å². The molecule has 2 aromatic carbocycles. The first-order valence-electron chi connectivity index (χ1n) is 7.28. The number of hydrogen-bond acceptors (Lipinski definition) is 3. The van der Waals surface area contributed by atoms with Crippen LogP contribution in [0.15, 0.2) is 65.8 Å². The summed E-state index contributed by atoms with van der Waals surface area (Å²) < 4.78 is 5.47. The Bertz CT molecular complexity index is 568. The zero-order valence-electron chi connectivity index (χ0n) is 12.2. The Morgan fingerprint density at radius 1 is 1.00 bits per heavy atom. The van der Waals surface area contributed by atoms with Gasteiger partial charge in [-0.2, -0.15) is 0 Å². The molecule has 0 atom stereocenters. The Balaban J connectivity index is 1.95. The molecule has 0 spiro atoms. The van der Waals surface area contributed by atoms with Gasteiger partial charge in [-0.15, -0.1) is 0 Å². The lowest BCUT2D eigenvalue weighted by Crippen LogP contribution is -2.28.